The Hall–Kier alpha value is -3.19. The molecule has 1 aliphatic rings. The molecule has 0 radical (unpaired) electrons. The molecule has 2 heterocycles. The maximum absolute atomic E-state index is 12.5. The molecule has 0 aliphatic carbocycles. The van der Waals surface area contributed by atoms with Gasteiger partial charge in [0.15, 0.2) is 5.13 Å². The minimum atomic E-state index is -0.378. The van der Waals surface area contributed by atoms with Crippen molar-refractivity contribution in [3.63, 3.8) is 0 Å². The molecular formula is C19H16N4O2S. The third kappa shape index (κ3) is 3.43. The minimum Gasteiger partial charge on any atom is -0.328 e. The van der Waals surface area contributed by atoms with E-state index in [1.165, 1.54) is 11.3 Å². The van der Waals surface area contributed by atoms with Crippen molar-refractivity contribution in [1.82, 2.24) is 9.88 Å². The number of carbonyl (C=O) groups is 2. The number of hydrogen-bond acceptors (Lipinski definition) is 4. The quantitative estimate of drug-likeness (QED) is 0.736. The lowest BCUT2D eigenvalue weighted by molar-refractivity contribution is 0.0762. The summed E-state index contributed by atoms with van der Waals surface area (Å²) in [4.78, 5) is 31.5. The Bertz CT molecular complexity index is 941. The molecule has 0 saturated carbocycles. The summed E-state index contributed by atoms with van der Waals surface area (Å²) in [7, 11) is 0. The van der Waals surface area contributed by atoms with Crippen molar-refractivity contribution in [2.24, 2.45) is 0 Å². The first kappa shape index (κ1) is 16.3. The molecule has 0 fully saturated rings. The van der Waals surface area contributed by atoms with Gasteiger partial charge in [0.1, 0.15) is 5.69 Å². The summed E-state index contributed by atoms with van der Waals surface area (Å²) in [6.07, 6.45) is 0. The summed E-state index contributed by atoms with van der Waals surface area (Å²) < 4.78 is 0. The van der Waals surface area contributed by atoms with E-state index in [0.717, 1.165) is 10.4 Å². The average Bonchev–Trinajstić information content (AvgIpc) is 3.16. The largest absolute Gasteiger partial charge is 0.328 e. The highest BCUT2D eigenvalue weighted by molar-refractivity contribution is 7.16. The van der Waals surface area contributed by atoms with Crippen molar-refractivity contribution in [3.8, 4) is 0 Å². The van der Waals surface area contributed by atoms with Gasteiger partial charge in [-0.2, -0.15) is 0 Å². The van der Waals surface area contributed by atoms with Gasteiger partial charge in [-0.15, -0.1) is 0 Å². The van der Waals surface area contributed by atoms with Crippen molar-refractivity contribution in [1.29, 1.82) is 0 Å². The minimum absolute atomic E-state index is 0.100. The molecule has 0 unspecified atom stereocenters. The lowest BCUT2D eigenvalue weighted by atomic mass is 10.2. The highest BCUT2D eigenvalue weighted by Gasteiger charge is 2.32. The molecule has 0 saturated heterocycles. The van der Waals surface area contributed by atoms with Crippen LogP contribution >= 0.6 is 11.3 Å². The highest BCUT2D eigenvalue weighted by Crippen LogP contribution is 2.31. The zero-order valence-electron chi connectivity index (χ0n) is 13.8. The number of fused-ring (bicyclic) bond motifs is 1. The number of amides is 3. The Balaban J connectivity index is 1.40. The molecule has 0 atom stereocenters. The summed E-state index contributed by atoms with van der Waals surface area (Å²) in [5.74, 6) is -0.100. The van der Waals surface area contributed by atoms with Crippen molar-refractivity contribution in [3.05, 3.63) is 76.8 Å². The van der Waals surface area contributed by atoms with Gasteiger partial charge >= 0.3 is 6.03 Å². The molecule has 3 aromatic rings. The second-order valence-electron chi connectivity index (χ2n) is 5.88. The predicted octanol–water partition coefficient (Wildman–Crippen LogP) is 3.94. The van der Waals surface area contributed by atoms with Crippen molar-refractivity contribution < 1.29 is 9.59 Å². The fraction of sp³-hybridized carbons (Fsp3) is 0.105. The summed E-state index contributed by atoms with van der Waals surface area (Å²) in [6, 6.07) is 18.6. The van der Waals surface area contributed by atoms with Gasteiger partial charge < -0.3 is 10.2 Å². The Morgan fingerprint density at radius 2 is 1.73 bits per heavy atom. The molecular weight excluding hydrogens is 348 g/mol. The predicted molar refractivity (Wildman–Crippen MR) is 101 cm³/mol. The van der Waals surface area contributed by atoms with Gasteiger partial charge in [-0.25, -0.2) is 9.78 Å². The van der Waals surface area contributed by atoms with E-state index in [2.05, 4.69) is 15.6 Å². The molecule has 1 aromatic heterocycles. The number of anilines is 2. The Labute approximate surface area is 154 Å². The van der Waals surface area contributed by atoms with Gasteiger partial charge in [0.25, 0.3) is 5.91 Å². The van der Waals surface area contributed by atoms with Crippen LogP contribution in [0.5, 0.6) is 0 Å². The molecule has 2 aromatic carbocycles. The molecule has 7 heteroatoms. The highest BCUT2D eigenvalue weighted by atomic mass is 32.1. The molecule has 4 rings (SSSR count). The fourth-order valence-corrected chi connectivity index (χ4v) is 3.75. The van der Waals surface area contributed by atoms with Gasteiger partial charge in [-0.05, 0) is 17.7 Å². The van der Waals surface area contributed by atoms with Crippen LogP contribution in [0, 0.1) is 0 Å². The van der Waals surface area contributed by atoms with E-state index < -0.39 is 0 Å². The molecule has 6 nitrogen and oxygen atoms in total. The first-order valence-electron chi connectivity index (χ1n) is 8.15. The average molecular weight is 364 g/mol. The monoisotopic (exact) mass is 364 g/mol. The van der Waals surface area contributed by atoms with E-state index >= 15 is 0 Å². The van der Waals surface area contributed by atoms with Crippen LogP contribution < -0.4 is 10.6 Å². The number of hydrogen-bond donors (Lipinski definition) is 2. The topological polar surface area (TPSA) is 74.3 Å². The number of carbonyl (C=O) groups excluding carboxylic acids is 2. The number of benzene rings is 2. The number of thiazole rings is 1. The standard InChI is InChI=1S/C19H16N4O2S/c24-17-16-15(12-23(17)11-13-7-3-1-4-8-13)26-19(21-16)22-18(25)20-14-9-5-2-6-10-14/h1-10H,11-12H2,(H2,20,21,22,25). The van der Waals surface area contributed by atoms with E-state index in [0.29, 0.717) is 29.6 Å². The second kappa shape index (κ2) is 6.97. The van der Waals surface area contributed by atoms with Gasteiger partial charge in [0, 0.05) is 12.2 Å². The van der Waals surface area contributed by atoms with Gasteiger partial charge in [-0.3, -0.25) is 10.1 Å². The van der Waals surface area contributed by atoms with Gasteiger partial charge in [0.05, 0.1) is 11.4 Å². The molecule has 0 spiro atoms. The van der Waals surface area contributed by atoms with Crippen LogP contribution in [0.25, 0.3) is 0 Å². The van der Waals surface area contributed by atoms with Crippen LogP contribution in [0.4, 0.5) is 15.6 Å². The molecule has 0 bridgehead atoms. The van der Waals surface area contributed by atoms with Crippen LogP contribution in [0.1, 0.15) is 20.9 Å². The molecule has 130 valence electrons. The summed E-state index contributed by atoms with van der Waals surface area (Å²) in [5.41, 5.74) is 2.21. The van der Waals surface area contributed by atoms with Crippen molar-refractivity contribution in [2.45, 2.75) is 13.1 Å². The number of rotatable bonds is 4. The first-order valence-corrected chi connectivity index (χ1v) is 8.96. The summed E-state index contributed by atoms with van der Waals surface area (Å²) in [6.45, 7) is 1.07. The van der Waals surface area contributed by atoms with Crippen LogP contribution in [-0.2, 0) is 13.1 Å². The fourth-order valence-electron chi connectivity index (χ4n) is 2.79. The maximum Gasteiger partial charge on any atom is 0.325 e. The van der Waals surface area contributed by atoms with Gasteiger partial charge in [0.2, 0.25) is 0 Å². The lowest BCUT2D eigenvalue weighted by Gasteiger charge is -2.15. The first-order chi connectivity index (χ1) is 12.7. The molecule has 1 aliphatic heterocycles. The number of nitrogens with one attached hydrogen (secondary N) is 2. The van der Waals surface area contributed by atoms with Crippen LogP contribution in [0.15, 0.2) is 60.7 Å². The van der Waals surface area contributed by atoms with Crippen molar-refractivity contribution >= 4 is 34.1 Å². The molecule has 26 heavy (non-hydrogen) atoms. The Morgan fingerprint density at radius 3 is 2.42 bits per heavy atom. The smallest absolute Gasteiger partial charge is 0.325 e. The van der Waals surface area contributed by atoms with E-state index in [4.69, 9.17) is 0 Å². The SMILES string of the molecule is O=C(Nc1ccccc1)Nc1nc2c(s1)CN(Cc1ccccc1)C2=O. The van der Waals surface area contributed by atoms with E-state index in [1.807, 2.05) is 48.5 Å². The number of nitrogens with zero attached hydrogens (tertiary/aromatic N) is 2. The lowest BCUT2D eigenvalue weighted by Crippen LogP contribution is -2.24. The van der Waals surface area contributed by atoms with E-state index in [-0.39, 0.29) is 11.9 Å². The zero-order valence-corrected chi connectivity index (χ0v) is 14.6. The zero-order chi connectivity index (χ0) is 17.9. The van der Waals surface area contributed by atoms with Gasteiger partial charge in [-0.1, -0.05) is 59.9 Å². The van der Waals surface area contributed by atoms with E-state index in [9.17, 15) is 9.59 Å². The Morgan fingerprint density at radius 1 is 1.04 bits per heavy atom. The van der Waals surface area contributed by atoms with E-state index in [1.54, 1.807) is 17.0 Å². The second-order valence-corrected chi connectivity index (χ2v) is 6.97. The Kier molecular flexibility index (Phi) is 4.37. The molecule has 3 amide bonds. The third-order valence-electron chi connectivity index (χ3n) is 3.99. The summed E-state index contributed by atoms with van der Waals surface area (Å²) in [5, 5.41) is 5.85. The third-order valence-corrected chi connectivity index (χ3v) is 4.95. The number of urea groups is 1. The number of aromatic nitrogens is 1. The normalized spacial score (nSPS) is 12.8. The van der Waals surface area contributed by atoms with Crippen LogP contribution in [-0.4, -0.2) is 21.8 Å². The van der Waals surface area contributed by atoms with Crippen molar-refractivity contribution in [2.75, 3.05) is 10.6 Å². The van der Waals surface area contributed by atoms with Crippen LogP contribution in [0.2, 0.25) is 0 Å². The maximum atomic E-state index is 12.5. The molecule has 2 N–H and O–H groups in total. The number of para-hydroxylation sites is 1. The van der Waals surface area contributed by atoms with Crippen LogP contribution in [0.3, 0.4) is 0 Å². The summed E-state index contributed by atoms with van der Waals surface area (Å²) >= 11 is 1.33.